The summed E-state index contributed by atoms with van der Waals surface area (Å²) in [6.45, 7) is -0.144. The molecular formula is C19H25ClN2O2. The van der Waals surface area contributed by atoms with Gasteiger partial charge in [-0.1, -0.05) is 56.2 Å². The Morgan fingerprint density at radius 1 is 1.25 bits per heavy atom. The van der Waals surface area contributed by atoms with Gasteiger partial charge in [0, 0.05) is 18.0 Å². The standard InChI is InChI=1S/C19H25ClN2O2/c20-15-8-5-9-17-19(15)16(12-22(17)13-23)21-18(24)11-10-14-6-3-1-2-4-7-14/h5,8-9,12,14,23H,1-4,6-7,10-11,13H2,(H,21,24). The van der Waals surface area contributed by atoms with Crippen molar-refractivity contribution in [1.82, 2.24) is 4.57 Å². The normalized spacial score (nSPS) is 16.2. The van der Waals surface area contributed by atoms with Crippen molar-refractivity contribution in [2.75, 3.05) is 5.32 Å². The molecule has 0 atom stereocenters. The van der Waals surface area contributed by atoms with Crippen molar-refractivity contribution >= 4 is 34.1 Å². The number of hydrogen-bond acceptors (Lipinski definition) is 2. The van der Waals surface area contributed by atoms with Gasteiger partial charge in [-0.05, 0) is 24.5 Å². The van der Waals surface area contributed by atoms with Crippen molar-refractivity contribution < 1.29 is 9.90 Å². The van der Waals surface area contributed by atoms with Gasteiger partial charge < -0.3 is 15.0 Å². The van der Waals surface area contributed by atoms with Gasteiger partial charge in [-0.3, -0.25) is 4.79 Å². The highest BCUT2D eigenvalue weighted by Crippen LogP contribution is 2.33. The zero-order chi connectivity index (χ0) is 16.9. The smallest absolute Gasteiger partial charge is 0.224 e. The molecule has 2 aromatic rings. The Morgan fingerprint density at radius 3 is 2.71 bits per heavy atom. The molecule has 1 aromatic carbocycles. The van der Waals surface area contributed by atoms with Crippen LogP contribution in [0.2, 0.25) is 5.02 Å². The average molecular weight is 349 g/mol. The second-order valence-electron chi connectivity index (χ2n) is 6.73. The molecule has 0 saturated heterocycles. The first kappa shape index (κ1) is 17.3. The summed E-state index contributed by atoms with van der Waals surface area (Å²) in [5, 5.41) is 13.8. The van der Waals surface area contributed by atoms with E-state index in [1.807, 2.05) is 12.1 Å². The number of anilines is 1. The van der Waals surface area contributed by atoms with E-state index in [-0.39, 0.29) is 12.6 Å². The van der Waals surface area contributed by atoms with Crippen LogP contribution in [0.15, 0.2) is 24.4 Å². The number of nitrogens with zero attached hydrogens (tertiary/aromatic N) is 1. The molecule has 1 aliphatic carbocycles. The minimum absolute atomic E-state index is 0.0242. The van der Waals surface area contributed by atoms with Crippen LogP contribution in [0.25, 0.3) is 10.9 Å². The summed E-state index contributed by atoms with van der Waals surface area (Å²) in [4.78, 5) is 12.4. The number of carbonyl (C=O) groups is 1. The molecule has 1 heterocycles. The minimum atomic E-state index is -0.144. The number of rotatable bonds is 5. The molecule has 130 valence electrons. The van der Waals surface area contributed by atoms with E-state index in [4.69, 9.17) is 11.6 Å². The number of fused-ring (bicyclic) bond motifs is 1. The predicted octanol–water partition coefficient (Wildman–Crippen LogP) is 4.93. The molecule has 1 aliphatic rings. The first-order valence-electron chi connectivity index (χ1n) is 8.87. The maximum Gasteiger partial charge on any atom is 0.224 e. The lowest BCUT2D eigenvalue weighted by Crippen LogP contribution is -2.13. The fourth-order valence-electron chi connectivity index (χ4n) is 3.72. The lowest BCUT2D eigenvalue weighted by atomic mass is 9.95. The first-order chi connectivity index (χ1) is 11.7. The Kier molecular flexibility index (Phi) is 5.80. The molecule has 3 rings (SSSR count). The maximum absolute atomic E-state index is 12.4. The number of halogens is 1. The highest BCUT2D eigenvalue weighted by Gasteiger charge is 2.16. The van der Waals surface area contributed by atoms with E-state index in [0.717, 1.165) is 17.3 Å². The predicted molar refractivity (Wildman–Crippen MR) is 98.2 cm³/mol. The van der Waals surface area contributed by atoms with Gasteiger partial charge in [0.25, 0.3) is 0 Å². The summed E-state index contributed by atoms with van der Waals surface area (Å²) in [5.41, 5.74) is 1.50. The van der Waals surface area contributed by atoms with E-state index in [9.17, 15) is 9.90 Å². The van der Waals surface area contributed by atoms with E-state index in [1.165, 1.54) is 38.5 Å². The van der Waals surface area contributed by atoms with Gasteiger partial charge in [0.1, 0.15) is 6.73 Å². The van der Waals surface area contributed by atoms with E-state index >= 15 is 0 Å². The van der Waals surface area contributed by atoms with Crippen molar-refractivity contribution in [3.05, 3.63) is 29.4 Å². The fourth-order valence-corrected chi connectivity index (χ4v) is 3.99. The van der Waals surface area contributed by atoms with Crippen molar-refractivity contribution in [3.63, 3.8) is 0 Å². The van der Waals surface area contributed by atoms with Crippen LogP contribution in [-0.4, -0.2) is 15.6 Å². The Hall–Kier alpha value is -1.52. The Balaban J connectivity index is 1.67. The van der Waals surface area contributed by atoms with Gasteiger partial charge in [-0.2, -0.15) is 0 Å². The largest absolute Gasteiger partial charge is 0.376 e. The molecule has 1 aromatic heterocycles. The molecule has 4 nitrogen and oxygen atoms in total. The Bertz CT molecular complexity index is 703. The lowest BCUT2D eigenvalue weighted by molar-refractivity contribution is -0.116. The van der Waals surface area contributed by atoms with Crippen LogP contribution in [0.1, 0.15) is 51.4 Å². The van der Waals surface area contributed by atoms with Crippen LogP contribution >= 0.6 is 11.6 Å². The van der Waals surface area contributed by atoms with Crippen LogP contribution < -0.4 is 5.32 Å². The Labute approximate surface area is 147 Å². The monoisotopic (exact) mass is 348 g/mol. The number of amides is 1. The third-order valence-electron chi connectivity index (χ3n) is 5.04. The molecule has 0 radical (unpaired) electrons. The summed E-state index contributed by atoms with van der Waals surface area (Å²) >= 11 is 6.29. The number of aliphatic hydroxyl groups excluding tert-OH is 1. The van der Waals surface area contributed by atoms with Crippen LogP contribution in [0.4, 0.5) is 5.69 Å². The van der Waals surface area contributed by atoms with Gasteiger partial charge in [0.15, 0.2) is 0 Å². The van der Waals surface area contributed by atoms with E-state index in [1.54, 1.807) is 16.8 Å². The van der Waals surface area contributed by atoms with Gasteiger partial charge in [0.05, 0.1) is 16.2 Å². The van der Waals surface area contributed by atoms with Gasteiger partial charge >= 0.3 is 0 Å². The van der Waals surface area contributed by atoms with Gasteiger partial charge in [-0.25, -0.2) is 0 Å². The fraction of sp³-hybridized carbons (Fsp3) is 0.526. The maximum atomic E-state index is 12.4. The minimum Gasteiger partial charge on any atom is -0.376 e. The van der Waals surface area contributed by atoms with Crippen LogP contribution in [0.5, 0.6) is 0 Å². The summed E-state index contributed by atoms with van der Waals surface area (Å²) in [7, 11) is 0. The highest BCUT2D eigenvalue weighted by molar-refractivity contribution is 6.36. The average Bonchev–Trinajstić information content (AvgIpc) is 2.76. The molecule has 0 spiro atoms. The lowest BCUT2D eigenvalue weighted by Gasteiger charge is -2.13. The molecule has 1 saturated carbocycles. The van der Waals surface area contributed by atoms with Gasteiger partial charge in [0.2, 0.25) is 5.91 Å². The molecule has 24 heavy (non-hydrogen) atoms. The Morgan fingerprint density at radius 2 is 2.00 bits per heavy atom. The van der Waals surface area contributed by atoms with Crippen molar-refractivity contribution in [2.24, 2.45) is 5.92 Å². The number of carbonyl (C=O) groups excluding carboxylic acids is 1. The van der Waals surface area contributed by atoms with Crippen molar-refractivity contribution in [1.29, 1.82) is 0 Å². The molecule has 0 bridgehead atoms. The second-order valence-corrected chi connectivity index (χ2v) is 7.14. The molecule has 0 aliphatic heterocycles. The summed E-state index contributed by atoms with van der Waals surface area (Å²) < 4.78 is 1.68. The first-order valence-corrected chi connectivity index (χ1v) is 9.25. The number of hydrogen-bond donors (Lipinski definition) is 2. The highest BCUT2D eigenvalue weighted by atomic mass is 35.5. The molecular weight excluding hydrogens is 324 g/mol. The third kappa shape index (κ3) is 3.93. The van der Waals surface area contributed by atoms with Crippen molar-refractivity contribution in [3.8, 4) is 0 Å². The topological polar surface area (TPSA) is 54.3 Å². The molecule has 0 unspecified atom stereocenters. The number of aromatic nitrogens is 1. The molecule has 1 amide bonds. The molecule has 5 heteroatoms. The van der Waals surface area contributed by atoms with E-state index in [2.05, 4.69) is 5.32 Å². The van der Waals surface area contributed by atoms with Crippen LogP contribution in [0.3, 0.4) is 0 Å². The van der Waals surface area contributed by atoms with E-state index in [0.29, 0.717) is 23.0 Å². The zero-order valence-corrected chi connectivity index (χ0v) is 14.7. The third-order valence-corrected chi connectivity index (χ3v) is 5.35. The molecule has 2 N–H and O–H groups in total. The number of benzene rings is 1. The van der Waals surface area contributed by atoms with Gasteiger partial charge in [-0.15, -0.1) is 0 Å². The quantitative estimate of drug-likeness (QED) is 0.752. The summed E-state index contributed by atoms with van der Waals surface area (Å²) in [6, 6.07) is 5.53. The SMILES string of the molecule is O=C(CCC1CCCCCC1)Nc1cn(CO)c2cccc(Cl)c12. The van der Waals surface area contributed by atoms with Crippen LogP contribution in [-0.2, 0) is 11.5 Å². The number of nitrogens with one attached hydrogen (secondary N) is 1. The van der Waals surface area contributed by atoms with Crippen molar-refractivity contribution in [2.45, 2.75) is 58.1 Å². The van der Waals surface area contributed by atoms with Crippen LogP contribution in [0, 0.1) is 5.92 Å². The second kappa shape index (κ2) is 8.04. The summed E-state index contributed by atoms with van der Waals surface area (Å²) in [5.74, 6) is 0.705. The number of aliphatic hydroxyl groups is 1. The van der Waals surface area contributed by atoms with E-state index < -0.39 is 0 Å². The molecule has 1 fully saturated rings. The zero-order valence-electron chi connectivity index (χ0n) is 13.9. The summed E-state index contributed by atoms with van der Waals surface area (Å²) in [6.07, 6.45) is 11.0.